The molecular weight excluding hydrogens is 376 g/mol. The lowest BCUT2D eigenvalue weighted by Crippen LogP contribution is -2.55. The van der Waals surface area contributed by atoms with Gasteiger partial charge in [-0.15, -0.1) is 0 Å². The van der Waals surface area contributed by atoms with Crippen molar-refractivity contribution in [3.8, 4) is 0 Å². The van der Waals surface area contributed by atoms with Crippen molar-refractivity contribution in [1.29, 1.82) is 0 Å². The molecule has 0 aromatic carbocycles. The van der Waals surface area contributed by atoms with Crippen molar-refractivity contribution in [1.82, 2.24) is 20.6 Å². The van der Waals surface area contributed by atoms with Crippen molar-refractivity contribution >= 4 is 29.7 Å². The Bertz CT molecular complexity index is 720. The highest BCUT2D eigenvalue weighted by molar-refractivity contribution is 5.93. The van der Waals surface area contributed by atoms with Gasteiger partial charge in [0, 0.05) is 24.7 Å². The predicted molar refractivity (Wildman–Crippen MR) is 92.4 cm³/mol. The van der Waals surface area contributed by atoms with Gasteiger partial charge in [-0.05, 0) is 6.42 Å². The Morgan fingerprint density at radius 3 is 2.25 bits per heavy atom. The van der Waals surface area contributed by atoms with Gasteiger partial charge in [0.25, 0.3) is 0 Å². The van der Waals surface area contributed by atoms with Crippen LogP contribution in [0.1, 0.15) is 25.0 Å². The molecule has 0 aliphatic rings. The van der Waals surface area contributed by atoms with Gasteiger partial charge in [-0.3, -0.25) is 19.2 Å². The number of carboxylic acid groups (broad SMARTS) is 2. The van der Waals surface area contributed by atoms with Crippen molar-refractivity contribution < 1.29 is 34.2 Å². The molecule has 0 spiro atoms. The fourth-order valence-corrected chi connectivity index (χ4v) is 2.20. The largest absolute Gasteiger partial charge is 0.481 e. The number of carboxylic acids is 2. The summed E-state index contributed by atoms with van der Waals surface area (Å²) in [6.07, 6.45) is 1.47. The lowest BCUT2D eigenvalue weighted by Gasteiger charge is -2.22. The summed E-state index contributed by atoms with van der Waals surface area (Å²) >= 11 is 0. The molecule has 3 unspecified atom stereocenters. The number of amides is 3. The van der Waals surface area contributed by atoms with E-state index in [0.717, 1.165) is 0 Å². The number of nitrogens with two attached hydrogens (primary N) is 2. The summed E-state index contributed by atoms with van der Waals surface area (Å²) < 4.78 is 0. The predicted octanol–water partition coefficient (Wildman–Crippen LogP) is -2.93. The average molecular weight is 398 g/mol. The molecule has 13 nitrogen and oxygen atoms in total. The molecule has 0 radical (unpaired) electrons. The first-order valence-corrected chi connectivity index (χ1v) is 8.16. The molecule has 0 saturated heterocycles. The third-order valence-corrected chi connectivity index (χ3v) is 3.64. The van der Waals surface area contributed by atoms with Crippen molar-refractivity contribution in [3.05, 3.63) is 18.2 Å². The number of aromatic nitrogens is 2. The van der Waals surface area contributed by atoms with Gasteiger partial charge in [0.1, 0.15) is 12.1 Å². The van der Waals surface area contributed by atoms with Crippen LogP contribution in [-0.2, 0) is 30.4 Å². The van der Waals surface area contributed by atoms with E-state index in [0.29, 0.717) is 5.69 Å². The van der Waals surface area contributed by atoms with Gasteiger partial charge in [0.05, 0.1) is 18.8 Å². The minimum atomic E-state index is -1.43. The summed E-state index contributed by atoms with van der Waals surface area (Å²) in [5.41, 5.74) is 10.9. The molecule has 13 heteroatoms. The Morgan fingerprint density at radius 2 is 1.75 bits per heavy atom. The summed E-state index contributed by atoms with van der Waals surface area (Å²) in [5, 5.41) is 22.4. The van der Waals surface area contributed by atoms with E-state index in [9.17, 15) is 29.1 Å². The van der Waals surface area contributed by atoms with Crippen molar-refractivity contribution in [2.24, 2.45) is 11.5 Å². The molecule has 0 saturated carbocycles. The second-order valence-electron chi connectivity index (χ2n) is 5.95. The number of carbonyl (C=O) groups excluding carboxylic acids is 3. The minimum Gasteiger partial charge on any atom is -0.481 e. The van der Waals surface area contributed by atoms with E-state index in [1.54, 1.807) is 0 Å². The van der Waals surface area contributed by atoms with Gasteiger partial charge in [-0.25, -0.2) is 9.78 Å². The number of hydrogen-bond acceptors (Lipinski definition) is 7. The number of hydrogen-bond donors (Lipinski definition) is 7. The number of primary amides is 1. The molecule has 1 aromatic heterocycles. The summed E-state index contributed by atoms with van der Waals surface area (Å²) in [6.45, 7) is 0. The molecule has 1 rings (SSSR count). The molecule has 28 heavy (non-hydrogen) atoms. The Labute approximate surface area is 158 Å². The second-order valence-corrected chi connectivity index (χ2v) is 5.95. The van der Waals surface area contributed by atoms with E-state index < -0.39 is 54.2 Å². The summed E-state index contributed by atoms with van der Waals surface area (Å²) in [6, 6.07) is -4.10. The first-order valence-electron chi connectivity index (χ1n) is 8.16. The van der Waals surface area contributed by atoms with Gasteiger partial charge in [0.15, 0.2) is 0 Å². The highest BCUT2D eigenvalue weighted by Crippen LogP contribution is 2.03. The van der Waals surface area contributed by atoms with Crippen LogP contribution >= 0.6 is 0 Å². The van der Waals surface area contributed by atoms with Gasteiger partial charge >= 0.3 is 11.9 Å². The molecule has 154 valence electrons. The molecule has 1 heterocycles. The van der Waals surface area contributed by atoms with E-state index in [2.05, 4.69) is 20.6 Å². The standard InChI is InChI=1S/C15H22N6O7/c16-8(4-12(23)24)13(25)20-9(1-2-11(17)22)14(26)21-10(15(27)28)3-7-5-18-6-19-7/h5-6,8-10H,1-4,16H2,(H2,17,22)(H,18,19)(H,20,25)(H,21,26)(H,23,24)(H,27,28). The zero-order valence-electron chi connectivity index (χ0n) is 14.8. The quantitative estimate of drug-likeness (QED) is 0.191. The number of aromatic amines is 1. The molecule has 1 aromatic rings. The van der Waals surface area contributed by atoms with E-state index >= 15 is 0 Å². The molecule has 9 N–H and O–H groups in total. The first kappa shape index (κ1) is 22.6. The van der Waals surface area contributed by atoms with Gasteiger partial charge < -0.3 is 37.3 Å². The normalized spacial score (nSPS) is 13.8. The Morgan fingerprint density at radius 1 is 1.11 bits per heavy atom. The molecule has 0 fully saturated rings. The lowest BCUT2D eigenvalue weighted by atomic mass is 10.1. The van der Waals surface area contributed by atoms with Crippen LogP contribution in [0.25, 0.3) is 0 Å². The smallest absolute Gasteiger partial charge is 0.326 e. The van der Waals surface area contributed by atoms with Crippen molar-refractivity contribution in [3.63, 3.8) is 0 Å². The highest BCUT2D eigenvalue weighted by Gasteiger charge is 2.29. The monoisotopic (exact) mass is 398 g/mol. The van der Waals surface area contributed by atoms with E-state index in [1.165, 1.54) is 12.5 Å². The van der Waals surface area contributed by atoms with Crippen molar-refractivity contribution in [2.75, 3.05) is 0 Å². The van der Waals surface area contributed by atoms with Gasteiger partial charge in [-0.2, -0.15) is 0 Å². The summed E-state index contributed by atoms with van der Waals surface area (Å²) in [7, 11) is 0. The topological polar surface area (TPSA) is 231 Å². The van der Waals surface area contributed by atoms with E-state index in [1.807, 2.05) is 0 Å². The number of aliphatic carboxylic acids is 2. The molecule has 3 amide bonds. The van der Waals surface area contributed by atoms with Crippen molar-refractivity contribution in [2.45, 2.75) is 43.8 Å². The number of nitrogens with one attached hydrogen (secondary N) is 3. The zero-order valence-corrected chi connectivity index (χ0v) is 14.8. The Kier molecular flexibility index (Phi) is 8.55. The molecule has 3 atom stereocenters. The maximum atomic E-state index is 12.5. The Balaban J connectivity index is 2.83. The van der Waals surface area contributed by atoms with Gasteiger partial charge in [0.2, 0.25) is 17.7 Å². The van der Waals surface area contributed by atoms with Crippen LogP contribution in [0, 0.1) is 0 Å². The number of H-pyrrole nitrogens is 1. The van der Waals surface area contributed by atoms with Crippen LogP contribution in [0.3, 0.4) is 0 Å². The maximum Gasteiger partial charge on any atom is 0.326 e. The summed E-state index contributed by atoms with van der Waals surface area (Å²) in [5.74, 6) is -5.21. The number of nitrogens with zero attached hydrogens (tertiary/aromatic N) is 1. The van der Waals surface area contributed by atoms with E-state index in [-0.39, 0.29) is 19.3 Å². The van der Waals surface area contributed by atoms with Crippen LogP contribution in [0.15, 0.2) is 12.5 Å². The Hall–Kier alpha value is -3.48. The second kappa shape index (κ2) is 10.6. The number of carbonyl (C=O) groups is 5. The zero-order chi connectivity index (χ0) is 21.3. The SMILES string of the molecule is NC(=O)CCC(NC(=O)C(N)CC(=O)O)C(=O)NC(Cc1cnc[nH]1)C(=O)O. The van der Waals surface area contributed by atoms with Crippen LogP contribution in [0.5, 0.6) is 0 Å². The fourth-order valence-electron chi connectivity index (χ4n) is 2.20. The third-order valence-electron chi connectivity index (χ3n) is 3.64. The molecule has 0 bridgehead atoms. The molecule has 0 aliphatic heterocycles. The molecule has 0 aliphatic carbocycles. The van der Waals surface area contributed by atoms with E-state index in [4.69, 9.17) is 16.6 Å². The van der Waals surface area contributed by atoms with Crippen LogP contribution < -0.4 is 22.1 Å². The van der Waals surface area contributed by atoms with Crippen LogP contribution in [0.4, 0.5) is 0 Å². The van der Waals surface area contributed by atoms with Crippen LogP contribution in [-0.4, -0.2) is 68.0 Å². The third kappa shape index (κ3) is 7.82. The number of imidazole rings is 1. The van der Waals surface area contributed by atoms with Crippen LogP contribution in [0.2, 0.25) is 0 Å². The average Bonchev–Trinajstić information content (AvgIpc) is 3.09. The minimum absolute atomic E-state index is 0.101. The fraction of sp³-hybridized carbons (Fsp3) is 0.467. The lowest BCUT2D eigenvalue weighted by molar-refractivity contribution is -0.142. The molecular formula is C15H22N6O7. The first-order chi connectivity index (χ1) is 13.1. The maximum absolute atomic E-state index is 12.5. The summed E-state index contributed by atoms with van der Waals surface area (Å²) in [4.78, 5) is 64.0. The number of rotatable bonds is 12. The van der Waals surface area contributed by atoms with Gasteiger partial charge in [-0.1, -0.05) is 0 Å². The highest BCUT2D eigenvalue weighted by atomic mass is 16.4.